The number of nitrogens with one attached hydrogen (secondary N) is 1. The number of allylic oxidation sites excluding steroid dienone is 10. The van der Waals surface area contributed by atoms with E-state index in [9.17, 15) is 24.2 Å². The van der Waals surface area contributed by atoms with E-state index in [1.54, 1.807) is 0 Å². The van der Waals surface area contributed by atoms with Gasteiger partial charge in [-0.15, -0.1) is 0 Å². The summed E-state index contributed by atoms with van der Waals surface area (Å²) in [6.45, 7) is 2.41. The van der Waals surface area contributed by atoms with Crippen molar-refractivity contribution in [3.63, 3.8) is 0 Å². The number of unbranched alkanes of at least 4 members (excludes halogenated alkanes) is 5. The van der Waals surface area contributed by atoms with E-state index in [1.165, 1.54) is 6.92 Å². The van der Waals surface area contributed by atoms with Crippen LogP contribution in [0.5, 0.6) is 0 Å². The summed E-state index contributed by atoms with van der Waals surface area (Å²) in [7, 11) is -4.37. The summed E-state index contributed by atoms with van der Waals surface area (Å²) in [5.74, 6) is -0.724. The second kappa shape index (κ2) is 27.9. The Morgan fingerprint density at radius 1 is 0.780 bits per heavy atom. The number of phosphoric ester groups is 1. The predicted molar refractivity (Wildman–Crippen MR) is 164 cm³/mol. The van der Waals surface area contributed by atoms with E-state index in [4.69, 9.17) is 4.74 Å². The van der Waals surface area contributed by atoms with Crippen LogP contribution in [-0.2, 0) is 27.9 Å². The molecule has 0 saturated carbocycles. The molecule has 0 aliphatic rings. The Morgan fingerprint density at radius 3 is 1.90 bits per heavy atom. The zero-order valence-corrected chi connectivity index (χ0v) is 25.9. The zero-order valence-electron chi connectivity index (χ0n) is 25.0. The standard InChI is InChI=1S/C31H52NO8P/c1-3-4-5-6-7-8-9-10-11-12-13-14-15-16-17-18-19-20-21-22-23-24-31(35)38-27-30(34)28-40-41(36,37)39-26-25-32-29(2)33/h4-5,7-8,10-11,13-14,16-17,30,34H,3,6,9,12,15,18-28H2,1-2H3,(H,32,33)(H,36,37)/b5-4-,8-7-,11-10-,14-13-,17-16-. The number of carbonyl (C=O) groups excluding carboxylic acids is 2. The van der Waals surface area contributed by atoms with Gasteiger partial charge in [-0.3, -0.25) is 18.6 Å². The van der Waals surface area contributed by atoms with Crippen LogP contribution >= 0.6 is 7.82 Å². The molecule has 9 nitrogen and oxygen atoms in total. The lowest BCUT2D eigenvalue weighted by Crippen LogP contribution is -2.25. The van der Waals surface area contributed by atoms with E-state index < -0.39 is 26.5 Å². The van der Waals surface area contributed by atoms with Crippen LogP contribution in [0.4, 0.5) is 0 Å². The van der Waals surface area contributed by atoms with Crippen molar-refractivity contribution in [3.05, 3.63) is 60.8 Å². The van der Waals surface area contributed by atoms with Gasteiger partial charge in [-0.05, 0) is 51.4 Å². The minimum absolute atomic E-state index is 0.0493. The molecule has 0 aromatic heterocycles. The minimum Gasteiger partial charge on any atom is -0.463 e. The number of aliphatic hydroxyl groups is 1. The molecule has 1 amide bonds. The van der Waals surface area contributed by atoms with Crippen LogP contribution in [0, 0.1) is 0 Å². The average molecular weight is 598 g/mol. The van der Waals surface area contributed by atoms with Gasteiger partial charge in [-0.1, -0.05) is 86.9 Å². The fraction of sp³-hybridized carbons (Fsp3) is 0.613. The third-order valence-electron chi connectivity index (χ3n) is 5.51. The van der Waals surface area contributed by atoms with Crippen molar-refractivity contribution in [1.82, 2.24) is 5.32 Å². The summed E-state index contributed by atoms with van der Waals surface area (Å²) < 4.78 is 26.0. The lowest BCUT2D eigenvalue weighted by Gasteiger charge is -2.15. The molecule has 41 heavy (non-hydrogen) atoms. The number of carbonyl (C=O) groups is 2. The first kappa shape index (κ1) is 38.7. The van der Waals surface area contributed by atoms with Crippen LogP contribution in [0.3, 0.4) is 0 Å². The number of hydrogen-bond acceptors (Lipinski definition) is 7. The topological polar surface area (TPSA) is 131 Å². The fourth-order valence-corrected chi connectivity index (χ4v) is 4.10. The number of ether oxygens (including phenoxy) is 1. The molecule has 234 valence electrons. The second-order valence-electron chi connectivity index (χ2n) is 9.43. The molecule has 0 radical (unpaired) electrons. The molecule has 2 unspecified atom stereocenters. The number of esters is 1. The molecule has 0 aromatic carbocycles. The van der Waals surface area contributed by atoms with E-state index >= 15 is 0 Å². The Hall–Kier alpha value is -2.29. The number of amides is 1. The predicted octanol–water partition coefficient (Wildman–Crippen LogP) is 6.64. The molecule has 10 heteroatoms. The minimum atomic E-state index is -4.37. The first-order chi connectivity index (χ1) is 19.8. The summed E-state index contributed by atoms with van der Waals surface area (Å²) >= 11 is 0. The van der Waals surface area contributed by atoms with E-state index in [2.05, 4.69) is 82.0 Å². The van der Waals surface area contributed by atoms with Gasteiger partial charge >= 0.3 is 13.8 Å². The highest BCUT2D eigenvalue weighted by atomic mass is 31.2. The molecule has 0 spiro atoms. The normalized spacial score (nSPS) is 14.5. The molecule has 0 aromatic rings. The van der Waals surface area contributed by atoms with Gasteiger partial charge in [-0.25, -0.2) is 4.57 Å². The largest absolute Gasteiger partial charge is 0.472 e. The molecule has 2 atom stereocenters. The van der Waals surface area contributed by atoms with E-state index in [1.807, 2.05) is 0 Å². The van der Waals surface area contributed by atoms with Crippen molar-refractivity contribution in [2.45, 2.75) is 97.0 Å². The second-order valence-corrected chi connectivity index (χ2v) is 10.9. The van der Waals surface area contributed by atoms with Crippen molar-refractivity contribution >= 4 is 19.7 Å². The third-order valence-corrected chi connectivity index (χ3v) is 6.49. The maximum atomic E-state index is 11.8. The SMILES string of the molecule is CC/C=C\C/C=C\C/C=C\C/C=C\C/C=C\CCCCCCCC(=O)OCC(O)COP(=O)(O)OCCNC(C)=O. The van der Waals surface area contributed by atoms with Crippen LogP contribution in [-0.4, -0.2) is 54.3 Å². The van der Waals surface area contributed by atoms with Gasteiger partial charge in [-0.2, -0.15) is 0 Å². The molecule has 0 fully saturated rings. The first-order valence-electron chi connectivity index (χ1n) is 14.7. The lowest BCUT2D eigenvalue weighted by molar-refractivity contribution is -0.147. The third kappa shape index (κ3) is 30.5. The number of aliphatic hydroxyl groups excluding tert-OH is 1. The van der Waals surface area contributed by atoms with E-state index in [0.29, 0.717) is 6.42 Å². The molecule has 0 aliphatic carbocycles. The number of hydrogen-bond donors (Lipinski definition) is 3. The Balaban J connectivity index is 3.63. The Kier molecular flexibility index (Phi) is 26.3. The molecule has 0 heterocycles. The van der Waals surface area contributed by atoms with E-state index in [0.717, 1.165) is 64.2 Å². The molecular weight excluding hydrogens is 545 g/mol. The number of rotatable bonds is 26. The Morgan fingerprint density at radius 2 is 1.32 bits per heavy atom. The van der Waals surface area contributed by atoms with Crippen LogP contribution in [0.2, 0.25) is 0 Å². The summed E-state index contributed by atoms with van der Waals surface area (Å²) in [5.41, 5.74) is 0. The van der Waals surface area contributed by atoms with Crippen LogP contribution in [0.15, 0.2) is 60.8 Å². The van der Waals surface area contributed by atoms with Gasteiger partial charge in [0.05, 0.1) is 13.2 Å². The lowest BCUT2D eigenvalue weighted by atomic mass is 10.1. The quantitative estimate of drug-likeness (QED) is 0.0438. The smallest absolute Gasteiger partial charge is 0.463 e. The monoisotopic (exact) mass is 597 g/mol. The summed E-state index contributed by atoms with van der Waals surface area (Å²) in [5, 5.41) is 12.2. The molecule has 0 rings (SSSR count). The Bertz CT molecular complexity index is 866. The van der Waals surface area contributed by atoms with Crippen LogP contribution in [0.25, 0.3) is 0 Å². The molecular formula is C31H52NO8P. The summed E-state index contributed by atoms with van der Waals surface area (Å²) in [6.07, 6.45) is 31.9. The molecule has 0 saturated heterocycles. The zero-order chi connectivity index (χ0) is 30.4. The van der Waals surface area contributed by atoms with E-state index in [-0.39, 0.29) is 32.1 Å². The van der Waals surface area contributed by atoms with Crippen LogP contribution in [0.1, 0.15) is 90.9 Å². The molecule has 0 bridgehead atoms. The highest BCUT2D eigenvalue weighted by Gasteiger charge is 2.23. The maximum Gasteiger partial charge on any atom is 0.472 e. The molecule has 3 N–H and O–H groups in total. The summed E-state index contributed by atoms with van der Waals surface area (Å²) in [6, 6.07) is 0. The number of phosphoric acid groups is 1. The van der Waals surface area contributed by atoms with Crippen molar-refractivity contribution in [3.8, 4) is 0 Å². The van der Waals surface area contributed by atoms with Gasteiger partial charge < -0.3 is 20.1 Å². The fourth-order valence-electron chi connectivity index (χ4n) is 3.35. The van der Waals surface area contributed by atoms with Gasteiger partial charge in [0.1, 0.15) is 12.7 Å². The highest BCUT2D eigenvalue weighted by molar-refractivity contribution is 7.47. The maximum absolute atomic E-state index is 11.8. The van der Waals surface area contributed by atoms with Crippen molar-refractivity contribution in [2.75, 3.05) is 26.4 Å². The van der Waals surface area contributed by atoms with Gasteiger partial charge in [0.15, 0.2) is 0 Å². The Labute approximate surface area is 247 Å². The van der Waals surface area contributed by atoms with Gasteiger partial charge in [0, 0.05) is 19.9 Å². The van der Waals surface area contributed by atoms with Gasteiger partial charge in [0.2, 0.25) is 5.91 Å². The average Bonchev–Trinajstić information content (AvgIpc) is 2.94. The van der Waals surface area contributed by atoms with Crippen molar-refractivity contribution in [2.24, 2.45) is 0 Å². The van der Waals surface area contributed by atoms with Crippen LogP contribution < -0.4 is 5.32 Å². The highest BCUT2D eigenvalue weighted by Crippen LogP contribution is 2.42. The summed E-state index contributed by atoms with van der Waals surface area (Å²) in [4.78, 5) is 32.1. The first-order valence-corrected chi connectivity index (χ1v) is 16.2. The van der Waals surface area contributed by atoms with Crippen molar-refractivity contribution < 1.29 is 37.9 Å². The van der Waals surface area contributed by atoms with Crippen molar-refractivity contribution in [1.29, 1.82) is 0 Å². The van der Waals surface area contributed by atoms with Gasteiger partial charge in [0.25, 0.3) is 0 Å². The molecule has 0 aliphatic heterocycles.